The van der Waals surface area contributed by atoms with Gasteiger partial charge in [0.1, 0.15) is 0 Å². The molecule has 0 bridgehead atoms. The smallest absolute Gasteiger partial charge is 0.0614 e. The third-order valence-electron chi connectivity index (χ3n) is 3.64. The molecule has 1 atom stereocenters. The zero-order chi connectivity index (χ0) is 13.3. The van der Waals surface area contributed by atoms with Gasteiger partial charge in [-0.25, -0.2) is 0 Å². The largest absolute Gasteiger partial charge is 0.397 e. The molecule has 5 heteroatoms. The van der Waals surface area contributed by atoms with Gasteiger partial charge in [-0.3, -0.25) is 0 Å². The third kappa shape index (κ3) is 2.85. The van der Waals surface area contributed by atoms with E-state index in [0.717, 1.165) is 12.2 Å². The van der Waals surface area contributed by atoms with E-state index in [1.807, 2.05) is 13.1 Å². The molecular weight excluding hydrogens is 269 g/mol. The normalized spacial score (nSPS) is 20.3. The molecule has 2 N–H and O–H groups in total. The third-order valence-corrected chi connectivity index (χ3v) is 4.36. The Balaban J connectivity index is 2.13. The summed E-state index contributed by atoms with van der Waals surface area (Å²) in [4.78, 5) is 4.55. The molecule has 2 rings (SSSR count). The van der Waals surface area contributed by atoms with Crippen LogP contribution in [0, 0.1) is 0 Å². The van der Waals surface area contributed by atoms with E-state index >= 15 is 0 Å². The van der Waals surface area contributed by atoms with Crippen molar-refractivity contribution in [2.24, 2.45) is 0 Å². The van der Waals surface area contributed by atoms with E-state index < -0.39 is 0 Å². The fourth-order valence-corrected chi connectivity index (χ4v) is 2.84. The number of likely N-dealkylation sites (tertiary alicyclic amines) is 1. The molecule has 0 spiro atoms. The standard InChI is InChI=1S/C13H19Cl2N3/c1-17-5-3-4-9(17)8-18(2)13-7-11(15)10(14)6-12(13)16/h6-7,9H,3-5,8,16H2,1-2H3. The zero-order valence-electron chi connectivity index (χ0n) is 10.8. The van der Waals surface area contributed by atoms with Crippen molar-refractivity contribution in [2.75, 3.05) is 37.8 Å². The molecule has 0 aliphatic carbocycles. The van der Waals surface area contributed by atoms with Crippen LogP contribution in [0.25, 0.3) is 0 Å². The van der Waals surface area contributed by atoms with E-state index in [1.165, 1.54) is 19.4 Å². The molecule has 1 unspecified atom stereocenters. The Morgan fingerprint density at radius 1 is 1.39 bits per heavy atom. The molecule has 1 fully saturated rings. The summed E-state index contributed by atoms with van der Waals surface area (Å²) in [5.41, 5.74) is 7.62. The van der Waals surface area contributed by atoms with Crippen LogP contribution >= 0.6 is 23.2 Å². The van der Waals surface area contributed by atoms with Crippen LogP contribution in [0.5, 0.6) is 0 Å². The quantitative estimate of drug-likeness (QED) is 0.867. The number of benzene rings is 1. The Morgan fingerprint density at radius 3 is 2.67 bits per heavy atom. The first-order valence-corrected chi connectivity index (χ1v) is 6.90. The molecule has 3 nitrogen and oxygen atoms in total. The topological polar surface area (TPSA) is 32.5 Å². The molecule has 1 aliphatic heterocycles. The van der Waals surface area contributed by atoms with E-state index in [1.54, 1.807) is 6.07 Å². The molecule has 0 aromatic heterocycles. The van der Waals surface area contributed by atoms with Crippen LogP contribution in [0.3, 0.4) is 0 Å². The fraction of sp³-hybridized carbons (Fsp3) is 0.538. The van der Waals surface area contributed by atoms with Crippen LogP contribution in [0.15, 0.2) is 12.1 Å². The summed E-state index contributed by atoms with van der Waals surface area (Å²) in [6, 6.07) is 4.14. The Kier molecular flexibility index (Phi) is 4.25. The van der Waals surface area contributed by atoms with Gasteiger partial charge >= 0.3 is 0 Å². The maximum atomic E-state index is 6.05. The number of anilines is 2. The Hall–Kier alpha value is -0.640. The number of hydrogen-bond donors (Lipinski definition) is 1. The zero-order valence-corrected chi connectivity index (χ0v) is 12.3. The number of nitrogens with zero attached hydrogens (tertiary/aromatic N) is 2. The van der Waals surface area contributed by atoms with Crippen LogP contribution < -0.4 is 10.6 Å². The van der Waals surface area contributed by atoms with E-state index in [2.05, 4.69) is 16.8 Å². The molecule has 0 radical (unpaired) electrons. The molecule has 18 heavy (non-hydrogen) atoms. The highest BCUT2D eigenvalue weighted by Crippen LogP contribution is 2.33. The van der Waals surface area contributed by atoms with Gasteiger partial charge in [-0.1, -0.05) is 23.2 Å². The van der Waals surface area contributed by atoms with Gasteiger partial charge in [0.25, 0.3) is 0 Å². The Labute approximate surface area is 118 Å². The number of nitrogens with two attached hydrogens (primary N) is 1. The Bertz CT molecular complexity index is 436. The highest BCUT2D eigenvalue weighted by atomic mass is 35.5. The SMILES string of the molecule is CN(CC1CCCN1C)c1cc(Cl)c(Cl)cc1N. The van der Waals surface area contributed by atoms with Gasteiger partial charge in [-0.15, -0.1) is 0 Å². The van der Waals surface area contributed by atoms with Crippen LogP contribution in [0.1, 0.15) is 12.8 Å². The van der Waals surface area contributed by atoms with E-state index in [4.69, 9.17) is 28.9 Å². The van der Waals surface area contributed by atoms with Crippen molar-refractivity contribution in [3.63, 3.8) is 0 Å². The van der Waals surface area contributed by atoms with Gasteiger partial charge in [0.2, 0.25) is 0 Å². The molecule has 0 amide bonds. The lowest BCUT2D eigenvalue weighted by Crippen LogP contribution is -2.36. The van der Waals surface area contributed by atoms with E-state index in [-0.39, 0.29) is 0 Å². The van der Waals surface area contributed by atoms with Crippen LogP contribution in [-0.2, 0) is 0 Å². The summed E-state index contributed by atoms with van der Waals surface area (Å²) in [5, 5.41) is 1.05. The summed E-state index contributed by atoms with van der Waals surface area (Å²) in [6.45, 7) is 2.13. The summed E-state index contributed by atoms with van der Waals surface area (Å²) in [7, 11) is 4.21. The highest BCUT2D eigenvalue weighted by Gasteiger charge is 2.23. The number of hydrogen-bond acceptors (Lipinski definition) is 3. The molecule has 1 heterocycles. The average molecular weight is 288 g/mol. The highest BCUT2D eigenvalue weighted by molar-refractivity contribution is 6.42. The predicted molar refractivity (Wildman–Crippen MR) is 79.8 cm³/mol. The minimum atomic E-state index is 0.504. The van der Waals surface area contributed by atoms with Crippen LogP contribution in [0.4, 0.5) is 11.4 Å². The second kappa shape index (κ2) is 5.55. The first-order chi connectivity index (χ1) is 8.49. The molecular formula is C13H19Cl2N3. The summed E-state index contributed by atoms with van der Waals surface area (Å²) < 4.78 is 0. The lowest BCUT2D eigenvalue weighted by atomic mass is 10.2. The second-order valence-electron chi connectivity index (χ2n) is 4.98. The Morgan fingerprint density at radius 2 is 2.06 bits per heavy atom. The number of nitrogen functional groups attached to an aromatic ring is 1. The predicted octanol–water partition coefficient (Wildman–Crippen LogP) is 3.11. The van der Waals surface area contributed by atoms with Gasteiger partial charge in [0.05, 0.1) is 21.4 Å². The molecule has 0 saturated carbocycles. The monoisotopic (exact) mass is 287 g/mol. The van der Waals surface area contributed by atoms with Gasteiger partial charge in [0, 0.05) is 19.6 Å². The van der Waals surface area contributed by atoms with E-state index in [0.29, 0.717) is 21.8 Å². The van der Waals surface area contributed by atoms with Gasteiger partial charge < -0.3 is 15.5 Å². The average Bonchev–Trinajstić information content (AvgIpc) is 2.69. The van der Waals surface area contributed by atoms with Gasteiger partial charge in [-0.2, -0.15) is 0 Å². The minimum Gasteiger partial charge on any atom is -0.397 e. The van der Waals surface area contributed by atoms with Crippen molar-refractivity contribution in [1.82, 2.24) is 4.90 Å². The number of rotatable bonds is 3. The summed E-state index contributed by atoms with van der Waals surface area (Å²) in [5.74, 6) is 0. The first kappa shape index (κ1) is 13.8. The number of halogens is 2. The minimum absolute atomic E-state index is 0.504. The van der Waals surface area contributed by atoms with Crippen LogP contribution in [-0.4, -0.2) is 38.1 Å². The molecule has 1 aromatic rings. The summed E-state index contributed by atoms with van der Waals surface area (Å²) in [6.07, 6.45) is 2.51. The van der Waals surface area contributed by atoms with Crippen molar-refractivity contribution in [2.45, 2.75) is 18.9 Å². The lowest BCUT2D eigenvalue weighted by molar-refractivity contribution is 0.314. The van der Waals surface area contributed by atoms with Crippen molar-refractivity contribution in [3.05, 3.63) is 22.2 Å². The van der Waals surface area contributed by atoms with Crippen molar-refractivity contribution < 1.29 is 0 Å². The maximum absolute atomic E-state index is 6.05. The number of likely N-dealkylation sites (N-methyl/N-ethyl adjacent to an activating group) is 2. The molecule has 1 aromatic carbocycles. The van der Waals surface area contributed by atoms with Crippen molar-refractivity contribution >= 4 is 34.6 Å². The maximum Gasteiger partial charge on any atom is 0.0614 e. The second-order valence-corrected chi connectivity index (χ2v) is 5.80. The first-order valence-electron chi connectivity index (χ1n) is 6.15. The van der Waals surface area contributed by atoms with E-state index in [9.17, 15) is 0 Å². The molecule has 1 saturated heterocycles. The molecule has 100 valence electrons. The molecule has 1 aliphatic rings. The van der Waals surface area contributed by atoms with Gasteiger partial charge in [0.15, 0.2) is 0 Å². The van der Waals surface area contributed by atoms with Gasteiger partial charge in [-0.05, 0) is 38.6 Å². The van der Waals surface area contributed by atoms with Crippen molar-refractivity contribution in [3.8, 4) is 0 Å². The lowest BCUT2D eigenvalue weighted by Gasteiger charge is -2.28. The summed E-state index contributed by atoms with van der Waals surface area (Å²) >= 11 is 12.0. The van der Waals surface area contributed by atoms with Crippen LogP contribution in [0.2, 0.25) is 10.0 Å². The van der Waals surface area contributed by atoms with Crippen molar-refractivity contribution in [1.29, 1.82) is 0 Å². The fourth-order valence-electron chi connectivity index (χ4n) is 2.51.